The molecule has 0 amide bonds. The lowest BCUT2D eigenvalue weighted by Gasteiger charge is -2.34. The Kier molecular flexibility index (Phi) is 7.25. The molecule has 2 bridgehead atoms. The number of halogens is 2. The Morgan fingerprint density at radius 3 is 2.56 bits per heavy atom. The van der Waals surface area contributed by atoms with Crippen molar-refractivity contribution in [2.24, 2.45) is 17.3 Å². The third-order valence-electron chi connectivity index (χ3n) is 11.4. The van der Waals surface area contributed by atoms with Crippen LogP contribution in [0.4, 0.5) is 10.2 Å². The number of phenolic OH excluding ortho intramolecular Hbond substituents is 1. The molecule has 3 aromatic carbocycles. The summed E-state index contributed by atoms with van der Waals surface area (Å²) >= 11 is 6.53. The molecule has 8 nitrogen and oxygen atoms in total. The van der Waals surface area contributed by atoms with Crippen LogP contribution in [0.25, 0.3) is 32.8 Å². The van der Waals surface area contributed by atoms with Crippen LogP contribution >= 0.6 is 11.6 Å². The monoisotopic (exact) mass is 667 g/mol. The summed E-state index contributed by atoms with van der Waals surface area (Å²) < 4.78 is 29.4. The van der Waals surface area contributed by atoms with Gasteiger partial charge in [0, 0.05) is 78.4 Å². The predicted octanol–water partition coefficient (Wildman–Crippen LogP) is 5.92. The topological polar surface area (TPSA) is 83.0 Å². The molecule has 1 aliphatic carbocycles. The number of hydrogen-bond acceptors (Lipinski definition) is 8. The number of fused-ring (bicyclic) bond motifs is 5. The van der Waals surface area contributed by atoms with Crippen LogP contribution in [0.2, 0.25) is 5.02 Å². The second-order valence-corrected chi connectivity index (χ2v) is 15.3. The fourth-order valence-corrected chi connectivity index (χ4v) is 9.03. The fraction of sp³-hybridized carbons (Fsp3) is 0.474. The average molecular weight is 668 g/mol. The number of benzene rings is 3. The molecule has 1 aromatic heterocycles. The highest BCUT2D eigenvalue weighted by molar-refractivity contribution is 6.33. The average Bonchev–Trinajstić information content (AvgIpc) is 3.31. The maximum absolute atomic E-state index is 17.2. The summed E-state index contributed by atoms with van der Waals surface area (Å²) in [6, 6.07) is 9.56. The molecule has 248 valence electrons. The van der Waals surface area contributed by atoms with Crippen LogP contribution in [0.3, 0.4) is 0 Å². The highest BCUT2D eigenvalue weighted by Crippen LogP contribution is 2.48. The highest BCUT2D eigenvalue weighted by Gasteiger charge is 2.48. The van der Waals surface area contributed by atoms with Gasteiger partial charge in [-0.2, -0.15) is 9.97 Å². The van der Waals surface area contributed by atoms with Gasteiger partial charge in [-0.15, -0.1) is 6.42 Å². The van der Waals surface area contributed by atoms with Gasteiger partial charge in [-0.3, -0.25) is 0 Å². The van der Waals surface area contributed by atoms with Gasteiger partial charge in [-0.05, 0) is 73.4 Å². The minimum atomic E-state index is -0.501. The zero-order chi connectivity index (χ0) is 32.7. The molecular formula is C38H39ClFN5O3. The normalized spacial score (nSPS) is 25.9. The molecule has 2 N–H and O–H groups in total. The van der Waals surface area contributed by atoms with E-state index in [1.54, 1.807) is 24.3 Å². The number of aryl methyl sites for hydroxylation is 1. The molecule has 48 heavy (non-hydrogen) atoms. The molecule has 2 unspecified atom stereocenters. The molecule has 4 aliphatic heterocycles. The van der Waals surface area contributed by atoms with Gasteiger partial charge in [-0.25, -0.2) is 4.39 Å². The Morgan fingerprint density at radius 2 is 1.85 bits per heavy atom. The molecule has 5 fully saturated rings. The number of ether oxygens (including phenoxy) is 2. The van der Waals surface area contributed by atoms with Crippen LogP contribution in [0.15, 0.2) is 30.3 Å². The summed E-state index contributed by atoms with van der Waals surface area (Å²) in [5, 5.41) is 16.8. The van der Waals surface area contributed by atoms with E-state index in [9.17, 15) is 5.11 Å². The first-order valence-electron chi connectivity index (χ1n) is 17.1. The molecule has 4 aromatic rings. The van der Waals surface area contributed by atoms with Gasteiger partial charge < -0.3 is 29.7 Å². The van der Waals surface area contributed by atoms with Gasteiger partial charge in [0.25, 0.3) is 0 Å². The van der Waals surface area contributed by atoms with Crippen molar-refractivity contribution in [2.75, 3.05) is 57.4 Å². The Labute approximate surface area is 284 Å². The lowest BCUT2D eigenvalue weighted by Crippen LogP contribution is -2.51. The number of hydrogen-bond donors (Lipinski definition) is 2. The maximum atomic E-state index is 17.2. The minimum Gasteiger partial charge on any atom is -0.508 e. The quantitative estimate of drug-likeness (QED) is 0.235. The number of piperazine rings is 1. The Hall–Kier alpha value is -3.68. The van der Waals surface area contributed by atoms with Gasteiger partial charge in [0.05, 0.1) is 30.4 Å². The first-order valence-corrected chi connectivity index (χ1v) is 17.5. The standard InChI is InChI=1S/C38H39ClFN5O3/c1-3-28-31(39)7-4-22-11-27(46)12-29(33(22)28)32-21(2)10-30-35(34(32)40)42-37(43-36(30)45-15-25-5-6-26(16-45)41-25)48-20-38(8-9-38)19-44-13-23-17-47-18-24(23)14-44/h1,4,7,10-12,23-26,41,46H,5-6,8-9,13-20H2,2H3/t23-,24-,25?,26?/m0/s1. The van der Waals surface area contributed by atoms with Crippen LogP contribution in [-0.4, -0.2) is 84.6 Å². The first-order chi connectivity index (χ1) is 23.3. The molecule has 4 saturated heterocycles. The summed E-state index contributed by atoms with van der Waals surface area (Å²) in [4.78, 5) is 14.6. The lowest BCUT2D eigenvalue weighted by atomic mass is 9.90. The number of nitrogens with one attached hydrogen (secondary N) is 1. The Morgan fingerprint density at radius 1 is 1.10 bits per heavy atom. The van der Waals surface area contributed by atoms with Gasteiger partial charge >= 0.3 is 6.01 Å². The smallest absolute Gasteiger partial charge is 0.319 e. The van der Waals surface area contributed by atoms with Crippen molar-refractivity contribution >= 4 is 39.1 Å². The minimum absolute atomic E-state index is 0.00858. The Balaban J connectivity index is 1.13. The number of nitrogens with zero attached hydrogens (tertiary/aromatic N) is 4. The van der Waals surface area contributed by atoms with E-state index < -0.39 is 5.82 Å². The molecule has 10 heteroatoms. The number of anilines is 1. The van der Waals surface area contributed by atoms with Gasteiger partial charge in [0.15, 0.2) is 5.82 Å². The molecule has 5 heterocycles. The van der Waals surface area contributed by atoms with Crippen LogP contribution in [0.1, 0.15) is 36.8 Å². The molecule has 4 atom stereocenters. The zero-order valence-corrected chi connectivity index (χ0v) is 27.8. The van der Waals surface area contributed by atoms with E-state index in [0.717, 1.165) is 71.6 Å². The zero-order valence-electron chi connectivity index (χ0n) is 27.1. The van der Waals surface area contributed by atoms with Gasteiger partial charge in [-0.1, -0.05) is 23.6 Å². The summed E-state index contributed by atoms with van der Waals surface area (Å²) in [7, 11) is 0. The van der Waals surface area contributed by atoms with Gasteiger partial charge in [0.2, 0.25) is 0 Å². The van der Waals surface area contributed by atoms with Crippen molar-refractivity contribution in [1.29, 1.82) is 0 Å². The molecule has 1 saturated carbocycles. The fourth-order valence-electron chi connectivity index (χ4n) is 8.82. The van der Waals surface area contributed by atoms with Crippen molar-refractivity contribution in [3.8, 4) is 35.2 Å². The maximum Gasteiger partial charge on any atom is 0.319 e. The van der Waals surface area contributed by atoms with Crippen molar-refractivity contribution < 1.29 is 19.0 Å². The SMILES string of the molecule is C#Cc1c(Cl)ccc2cc(O)cc(-c3c(C)cc4c(N5CC6CCC(C5)N6)nc(OCC5(CN6C[C@H]7COC[C@@H]7C6)CC5)nc4c3F)c12. The number of aromatic nitrogens is 2. The van der Waals surface area contributed by atoms with E-state index in [0.29, 0.717) is 79.8 Å². The van der Waals surface area contributed by atoms with E-state index in [-0.39, 0.29) is 22.7 Å². The molecule has 9 rings (SSSR count). The van der Waals surface area contributed by atoms with Gasteiger partial charge in [0.1, 0.15) is 17.1 Å². The van der Waals surface area contributed by atoms with E-state index >= 15 is 4.39 Å². The number of rotatable bonds is 7. The van der Waals surface area contributed by atoms with E-state index in [4.69, 9.17) is 37.5 Å². The van der Waals surface area contributed by atoms with Crippen LogP contribution in [0, 0.1) is 42.3 Å². The van der Waals surface area contributed by atoms with Crippen LogP contribution < -0.4 is 15.0 Å². The van der Waals surface area contributed by atoms with Crippen molar-refractivity contribution in [3.05, 3.63) is 52.3 Å². The Bertz CT molecular complexity index is 1990. The van der Waals surface area contributed by atoms with Crippen LogP contribution in [-0.2, 0) is 4.74 Å². The largest absolute Gasteiger partial charge is 0.508 e. The van der Waals surface area contributed by atoms with E-state index in [2.05, 4.69) is 21.0 Å². The summed E-state index contributed by atoms with van der Waals surface area (Å²) in [5.74, 6) is 4.17. The highest BCUT2D eigenvalue weighted by atomic mass is 35.5. The van der Waals surface area contributed by atoms with E-state index in [1.165, 1.54) is 0 Å². The summed E-state index contributed by atoms with van der Waals surface area (Å²) in [6.07, 6.45) is 10.3. The summed E-state index contributed by atoms with van der Waals surface area (Å²) in [5.41, 5.74) is 2.19. The number of terminal acetylenes is 1. The molecular weight excluding hydrogens is 629 g/mol. The second-order valence-electron chi connectivity index (χ2n) is 14.8. The van der Waals surface area contributed by atoms with Crippen molar-refractivity contribution in [1.82, 2.24) is 20.2 Å². The van der Waals surface area contributed by atoms with Crippen molar-refractivity contribution in [3.63, 3.8) is 0 Å². The number of phenols is 1. The van der Waals surface area contributed by atoms with E-state index in [1.807, 2.05) is 13.0 Å². The first kappa shape index (κ1) is 30.4. The molecule has 0 spiro atoms. The third-order valence-corrected chi connectivity index (χ3v) is 11.7. The predicted molar refractivity (Wildman–Crippen MR) is 185 cm³/mol. The lowest BCUT2D eigenvalue weighted by molar-refractivity contribution is 0.131. The number of likely N-dealkylation sites (tertiary alicyclic amines) is 1. The second kappa shape index (κ2) is 11.4. The van der Waals surface area contributed by atoms with Crippen LogP contribution in [0.5, 0.6) is 11.8 Å². The molecule has 0 radical (unpaired) electrons. The van der Waals surface area contributed by atoms with Crippen molar-refractivity contribution in [2.45, 2.75) is 44.7 Å². The summed E-state index contributed by atoms with van der Waals surface area (Å²) in [6.45, 7) is 8.84. The number of aromatic hydroxyl groups is 1. The molecule has 5 aliphatic rings. The third kappa shape index (κ3) is 5.16.